The van der Waals surface area contributed by atoms with Gasteiger partial charge in [-0.1, -0.05) is 35.9 Å². The van der Waals surface area contributed by atoms with Crippen LogP contribution >= 0.6 is 22.9 Å². The molecule has 0 atom stereocenters. The van der Waals surface area contributed by atoms with Crippen LogP contribution in [0.15, 0.2) is 47.4 Å². The molecule has 0 fully saturated rings. The minimum absolute atomic E-state index is 0.115. The van der Waals surface area contributed by atoms with Gasteiger partial charge in [0.1, 0.15) is 15.7 Å². The Morgan fingerprint density at radius 2 is 1.93 bits per heavy atom. The van der Waals surface area contributed by atoms with E-state index in [1.165, 1.54) is 18.4 Å². The van der Waals surface area contributed by atoms with Crippen molar-refractivity contribution in [2.45, 2.75) is 25.3 Å². The van der Waals surface area contributed by atoms with Crippen LogP contribution in [0.3, 0.4) is 0 Å². The maximum absolute atomic E-state index is 12.7. The second-order valence-electron chi connectivity index (χ2n) is 5.99. The molecule has 1 heterocycles. The number of methoxy groups -OCH3 is 1. The zero-order chi connectivity index (χ0) is 19.6. The van der Waals surface area contributed by atoms with E-state index >= 15 is 0 Å². The average molecular weight is 423 g/mol. The van der Waals surface area contributed by atoms with Crippen LogP contribution in [0.2, 0.25) is 5.02 Å². The number of aromatic nitrogens is 1. The summed E-state index contributed by atoms with van der Waals surface area (Å²) in [6.07, 6.45) is 0. The van der Waals surface area contributed by atoms with Gasteiger partial charge in [0.05, 0.1) is 17.8 Å². The fourth-order valence-corrected chi connectivity index (χ4v) is 5.14. The molecule has 0 aliphatic rings. The summed E-state index contributed by atoms with van der Waals surface area (Å²) in [5, 5.41) is 1.38. The first-order chi connectivity index (χ1) is 12.8. The molecule has 0 aliphatic carbocycles. The second kappa shape index (κ2) is 7.98. The van der Waals surface area contributed by atoms with Gasteiger partial charge in [-0.3, -0.25) is 0 Å². The number of benzene rings is 2. The first kappa shape index (κ1) is 19.8. The second-order valence-corrected chi connectivity index (χ2v) is 9.21. The Bertz CT molecular complexity index is 1080. The fraction of sp³-hybridized carbons (Fsp3) is 0.211. The largest absolute Gasteiger partial charge is 0.495 e. The normalized spacial score (nSPS) is 11.6. The molecule has 27 heavy (non-hydrogen) atoms. The number of hydrogen-bond donors (Lipinski definition) is 1. The van der Waals surface area contributed by atoms with Gasteiger partial charge >= 0.3 is 0 Å². The van der Waals surface area contributed by atoms with Gasteiger partial charge < -0.3 is 4.74 Å². The minimum atomic E-state index is -3.72. The van der Waals surface area contributed by atoms with Crippen molar-refractivity contribution < 1.29 is 13.2 Å². The SMILES string of the molecule is COc1cc(C)ccc1S(=O)(=O)NCc1sc(-c2ccccc2Cl)nc1C. The molecule has 8 heteroatoms. The van der Waals surface area contributed by atoms with Crippen molar-refractivity contribution in [2.75, 3.05) is 7.11 Å². The van der Waals surface area contributed by atoms with Crippen LogP contribution < -0.4 is 9.46 Å². The number of sulfonamides is 1. The standard InChI is InChI=1S/C19H19ClN2O3S2/c1-12-8-9-18(16(10-12)25-3)27(23,24)21-11-17-13(2)22-19(26-17)14-6-4-5-7-15(14)20/h4-10,21H,11H2,1-3H3. The third kappa shape index (κ3) is 4.32. The van der Waals surface area contributed by atoms with Crippen LogP contribution in [0, 0.1) is 13.8 Å². The van der Waals surface area contributed by atoms with Crippen molar-refractivity contribution in [3.63, 3.8) is 0 Å². The van der Waals surface area contributed by atoms with Gasteiger partial charge in [0.2, 0.25) is 10.0 Å². The summed E-state index contributed by atoms with van der Waals surface area (Å²) in [5.74, 6) is 0.320. The molecular formula is C19H19ClN2O3S2. The molecule has 3 aromatic rings. The van der Waals surface area contributed by atoms with Crippen LogP contribution in [0.25, 0.3) is 10.6 Å². The van der Waals surface area contributed by atoms with Crippen molar-refractivity contribution in [1.29, 1.82) is 0 Å². The molecular weight excluding hydrogens is 404 g/mol. The first-order valence-electron chi connectivity index (χ1n) is 8.17. The number of rotatable bonds is 6. The lowest BCUT2D eigenvalue weighted by Crippen LogP contribution is -2.23. The highest BCUT2D eigenvalue weighted by atomic mass is 35.5. The summed E-state index contributed by atoms with van der Waals surface area (Å²) >= 11 is 7.66. The van der Waals surface area contributed by atoms with Gasteiger partial charge in [-0.05, 0) is 37.6 Å². The molecule has 5 nitrogen and oxygen atoms in total. The van der Waals surface area contributed by atoms with Crippen molar-refractivity contribution >= 4 is 33.0 Å². The smallest absolute Gasteiger partial charge is 0.244 e. The number of hydrogen-bond acceptors (Lipinski definition) is 5. The quantitative estimate of drug-likeness (QED) is 0.631. The zero-order valence-electron chi connectivity index (χ0n) is 15.1. The molecule has 0 amide bonds. The van der Waals surface area contributed by atoms with E-state index in [-0.39, 0.29) is 11.4 Å². The van der Waals surface area contributed by atoms with Crippen molar-refractivity contribution in [2.24, 2.45) is 0 Å². The van der Waals surface area contributed by atoms with Gasteiger partial charge in [0.25, 0.3) is 0 Å². The topological polar surface area (TPSA) is 68.3 Å². The van der Waals surface area contributed by atoms with E-state index in [1.54, 1.807) is 24.3 Å². The van der Waals surface area contributed by atoms with Crippen LogP contribution in [-0.2, 0) is 16.6 Å². The third-order valence-corrected chi connectivity index (χ3v) is 6.99. The molecule has 0 saturated heterocycles. The van der Waals surface area contributed by atoms with Crippen molar-refractivity contribution in [1.82, 2.24) is 9.71 Å². The molecule has 0 saturated carbocycles. The Morgan fingerprint density at radius 1 is 1.19 bits per heavy atom. The number of ether oxygens (including phenoxy) is 1. The number of thiazole rings is 1. The van der Waals surface area contributed by atoms with Crippen LogP contribution in [-0.4, -0.2) is 20.5 Å². The monoisotopic (exact) mass is 422 g/mol. The number of aryl methyl sites for hydroxylation is 2. The molecule has 0 spiro atoms. The molecule has 3 rings (SSSR count). The van der Waals surface area contributed by atoms with E-state index in [9.17, 15) is 8.42 Å². The molecule has 1 N–H and O–H groups in total. The van der Waals surface area contributed by atoms with Crippen LogP contribution in [0.5, 0.6) is 5.75 Å². The number of nitrogens with zero attached hydrogens (tertiary/aromatic N) is 1. The Kier molecular flexibility index (Phi) is 5.86. The summed E-state index contributed by atoms with van der Waals surface area (Å²) < 4.78 is 33.3. The summed E-state index contributed by atoms with van der Waals surface area (Å²) in [5.41, 5.74) is 2.53. The lowest BCUT2D eigenvalue weighted by Gasteiger charge is -2.11. The predicted octanol–water partition coefficient (Wildman–Crippen LogP) is 4.57. The van der Waals surface area contributed by atoms with Crippen LogP contribution in [0.4, 0.5) is 0 Å². The Hall–Kier alpha value is -1.93. The van der Waals surface area contributed by atoms with Gasteiger partial charge in [-0.25, -0.2) is 18.1 Å². The minimum Gasteiger partial charge on any atom is -0.495 e. The number of nitrogens with one attached hydrogen (secondary N) is 1. The molecule has 2 aromatic carbocycles. The fourth-order valence-electron chi connectivity index (χ4n) is 2.58. The summed E-state index contributed by atoms with van der Waals surface area (Å²) in [4.78, 5) is 5.48. The van der Waals surface area contributed by atoms with E-state index in [4.69, 9.17) is 16.3 Å². The summed E-state index contributed by atoms with van der Waals surface area (Å²) in [7, 11) is -2.27. The van der Waals surface area contributed by atoms with Crippen molar-refractivity contribution in [3.8, 4) is 16.3 Å². The van der Waals surface area contributed by atoms with Gasteiger partial charge in [0.15, 0.2) is 0 Å². The van der Waals surface area contributed by atoms with E-state index in [1.807, 2.05) is 32.0 Å². The predicted molar refractivity (Wildman–Crippen MR) is 109 cm³/mol. The highest BCUT2D eigenvalue weighted by Crippen LogP contribution is 2.33. The third-order valence-electron chi connectivity index (χ3n) is 4.03. The molecule has 0 aliphatic heterocycles. The lowest BCUT2D eigenvalue weighted by atomic mass is 10.2. The first-order valence-corrected chi connectivity index (χ1v) is 10.8. The Balaban J connectivity index is 1.84. The van der Waals surface area contributed by atoms with E-state index in [2.05, 4.69) is 9.71 Å². The molecule has 0 unspecified atom stereocenters. The molecule has 0 radical (unpaired) electrons. The molecule has 142 valence electrons. The highest BCUT2D eigenvalue weighted by molar-refractivity contribution is 7.89. The zero-order valence-corrected chi connectivity index (χ0v) is 17.5. The Labute approximate surface area is 168 Å². The average Bonchev–Trinajstić information content (AvgIpc) is 3.00. The van der Waals surface area contributed by atoms with E-state index < -0.39 is 10.0 Å². The van der Waals surface area contributed by atoms with E-state index in [0.29, 0.717) is 10.8 Å². The number of halogens is 1. The maximum atomic E-state index is 12.7. The van der Waals surface area contributed by atoms with Crippen LogP contribution in [0.1, 0.15) is 16.1 Å². The van der Waals surface area contributed by atoms with Crippen molar-refractivity contribution in [3.05, 3.63) is 63.6 Å². The summed E-state index contributed by atoms with van der Waals surface area (Å²) in [6, 6.07) is 12.4. The highest BCUT2D eigenvalue weighted by Gasteiger charge is 2.21. The molecule has 1 aromatic heterocycles. The van der Waals surface area contributed by atoms with Gasteiger partial charge in [0, 0.05) is 17.0 Å². The Morgan fingerprint density at radius 3 is 2.63 bits per heavy atom. The lowest BCUT2D eigenvalue weighted by molar-refractivity contribution is 0.402. The maximum Gasteiger partial charge on any atom is 0.244 e. The van der Waals surface area contributed by atoms with Gasteiger partial charge in [-0.2, -0.15) is 0 Å². The summed E-state index contributed by atoms with van der Waals surface area (Å²) in [6.45, 7) is 3.88. The molecule has 0 bridgehead atoms. The van der Waals surface area contributed by atoms with E-state index in [0.717, 1.165) is 26.7 Å². The van der Waals surface area contributed by atoms with Gasteiger partial charge in [-0.15, -0.1) is 11.3 Å².